The van der Waals surface area contributed by atoms with Crippen LogP contribution in [-0.2, 0) is 6.54 Å². The first-order chi connectivity index (χ1) is 11.7. The number of nitrogens with zero attached hydrogens (tertiary/aromatic N) is 2. The van der Waals surface area contributed by atoms with E-state index in [9.17, 15) is 9.59 Å². The van der Waals surface area contributed by atoms with E-state index in [4.69, 9.17) is 4.74 Å². The monoisotopic (exact) mass is 320 g/mol. The van der Waals surface area contributed by atoms with E-state index >= 15 is 0 Å². The lowest BCUT2D eigenvalue weighted by Gasteiger charge is -2.07. The highest BCUT2D eigenvalue weighted by molar-refractivity contribution is 6.07. The summed E-state index contributed by atoms with van der Waals surface area (Å²) in [6, 6.07) is 15.8. The van der Waals surface area contributed by atoms with E-state index < -0.39 is 0 Å². The molecule has 3 aromatic rings. The first kappa shape index (κ1) is 15.7. The molecule has 0 N–H and O–H groups in total. The van der Waals surface area contributed by atoms with Gasteiger partial charge >= 0.3 is 0 Å². The van der Waals surface area contributed by atoms with Crippen LogP contribution in [0.4, 0.5) is 0 Å². The quantitative estimate of drug-likeness (QED) is 0.655. The fourth-order valence-electron chi connectivity index (χ4n) is 2.39. The van der Waals surface area contributed by atoms with Gasteiger partial charge in [-0.25, -0.2) is 4.98 Å². The van der Waals surface area contributed by atoms with E-state index in [1.165, 1.54) is 6.20 Å². The molecule has 0 aliphatic carbocycles. The Morgan fingerprint density at radius 2 is 1.71 bits per heavy atom. The second kappa shape index (κ2) is 6.91. The number of carbonyl (C=O) groups is 2. The zero-order chi connectivity index (χ0) is 16.9. The molecule has 0 aliphatic rings. The van der Waals surface area contributed by atoms with Crippen LogP contribution in [0, 0.1) is 0 Å². The number of imidazole rings is 1. The summed E-state index contributed by atoms with van der Waals surface area (Å²) in [7, 11) is 1.57. The molecule has 3 rings (SSSR count). The highest BCUT2D eigenvalue weighted by atomic mass is 16.5. The van der Waals surface area contributed by atoms with E-state index in [0.717, 1.165) is 0 Å². The maximum atomic E-state index is 12.5. The Balaban J connectivity index is 1.80. The molecule has 2 aromatic carbocycles. The maximum Gasteiger partial charge on any atom is 0.228 e. The van der Waals surface area contributed by atoms with Crippen LogP contribution in [0.2, 0.25) is 0 Å². The smallest absolute Gasteiger partial charge is 0.228 e. The molecule has 0 saturated heterocycles. The number of aromatic nitrogens is 2. The van der Waals surface area contributed by atoms with Gasteiger partial charge in [0.1, 0.15) is 5.75 Å². The number of hydrogen-bond acceptors (Lipinski definition) is 4. The van der Waals surface area contributed by atoms with Gasteiger partial charge < -0.3 is 9.30 Å². The molecule has 0 radical (unpaired) electrons. The number of methoxy groups -OCH3 is 1. The van der Waals surface area contributed by atoms with Crippen molar-refractivity contribution in [1.82, 2.24) is 9.55 Å². The number of carbonyl (C=O) groups excluding carboxylic acids is 2. The van der Waals surface area contributed by atoms with Crippen molar-refractivity contribution in [3.05, 3.63) is 83.9 Å². The van der Waals surface area contributed by atoms with E-state index in [0.29, 0.717) is 16.9 Å². The molecule has 0 saturated carbocycles. The summed E-state index contributed by atoms with van der Waals surface area (Å²) in [4.78, 5) is 29.0. The van der Waals surface area contributed by atoms with Crippen LogP contribution in [0.15, 0.2) is 67.0 Å². The lowest BCUT2D eigenvalue weighted by atomic mass is 10.1. The zero-order valence-electron chi connectivity index (χ0n) is 13.2. The third-order valence-electron chi connectivity index (χ3n) is 3.68. The fourth-order valence-corrected chi connectivity index (χ4v) is 2.39. The molecule has 0 bridgehead atoms. The summed E-state index contributed by atoms with van der Waals surface area (Å²) in [5.41, 5.74) is 1.10. The van der Waals surface area contributed by atoms with Crippen molar-refractivity contribution in [2.45, 2.75) is 6.54 Å². The normalized spacial score (nSPS) is 10.4. The van der Waals surface area contributed by atoms with E-state index in [1.807, 2.05) is 6.07 Å². The van der Waals surface area contributed by atoms with Gasteiger partial charge in [-0.2, -0.15) is 0 Å². The summed E-state index contributed by atoms with van der Waals surface area (Å²) in [6.07, 6.45) is 3.16. The third kappa shape index (κ3) is 3.25. The van der Waals surface area contributed by atoms with Gasteiger partial charge in [0.2, 0.25) is 5.78 Å². The number of Topliss-reactive ketones (excluding diaryl/α,β-unsaturated/α-hetero) is 1. The molecule has 1 heterocycles. The number of hydrogen-bond donors (Lipinski definition) is 0. The van der Waals surface area contributed by atoms with Gasteiger partial charge in [-0.15, -0.1) is 0 Å². The molecule has 5 nitrogen and oxygen atoms in total. The van der Waals surface area contributed by atoms with E-state index in [1.54, 1.807) is 66.4 Å². The fraction of sp³-hybridized carbons (Fsp3) is 0.105. The average Bonchev–Trinajstić information content (AvgIpc) is 3.10. The van der Waals surface area contributed by atoms with Gasteiger partial charge in [0.15, 0.2) is 11.6 Å². The molecule has 0 fully saturated rings. The first-order valence-corrected chi connectivity index (χ1v) is 7.47. The van der Waals surface area contributed by atoms with Crippen LogP contribution in [-0.4, -0.2) is 28.2 Å². The molecular formula is C19H16N2O3. The van der Waals surface area contributed by atoms with Gasteiger partial charge in [-0.05, 0) is 24.3 Å². The largest absolute Gasteiger partial charge is 0.497 e. The van der Waals surface area contributed by atoms with Crippen LogP contribution in [0.3, 0.4) is 0 Å². The topological polar surface area (TPSA) is 61.2 Å². The van der Waals surface area contributed by atoms with Gasteiger partial charge in [-0.1, -0.05) is 30.3 Å². The lowest BCUT2D eigenvalue weighted by molar-refractivity contribution is 0.0967. The molecule has 0 unspecified atom stereocenters. The lowest BCUT2D eigenvalue weighted by Crippen LogP contribution is -2.16. The molecule has 0 amide bonds. The Labute approximate surface area is 139 Å². The van der Waals surface area contributed by atoms with Gasteiger partial charge in [0.25, 0.3) is 0 Å². The summed E-state index contributed by atoms with van der Waals surface area (Å²) in [5.74, 6) is 0.637. The second-order valence-electron chi connectivity index (χ2n) is 5.23. The van der Waals surface area contributed by atoms with Crippen LogP contribution in [0.5, 0.6) is 5.75 Å². The molecule has 0 atom stereocenters. The average molecular weight is 320 g/mol. The predicted molar refractivity (Wildman–Crippen MR) is 89.4 cm³/mol. The van der Waals surface area contributed by atoms with Gasteiger partial charge in [0, 0.05) is 23.5 Å². The predicted octanol–water partition coefficient (Wildman–Crippen LogP) is 3.01. The number of ether oxygens (including phenoxy) is 1. The van der Waals surface area contributed by atoms with Crippen LogP contribution in [0.25, 0.3) is 0 Å². The summed E-state index contributed by atoms with van der Waals surface area (Å²) in [5, 5.41) is 0. The minimum atomic E-state index is -0.205. The molecular weight excluding hydrogens is 304 g/mol. The van der Waals surface area contributed by atoms with Gasteiger partial charge in [-0.3, -0.25) is 9.59 Å². The number of ketones is 2. The standard InChI is InChI=1S/C19H16N2O3/c1-24-16-9-7-14(8-10-16)17(22)13-21-12-11-20-19(21)18(23)15-5-3-2-4-6-15/h2-12H,13H2,1H3. The van der Waals surface area contributed by atoms with Crippen LogP contribution in [0.1, 0.15) is 26.5 Å². The molecule has 0 aliphatic heterocycles. The van der Waals surface area contributed by atoms with Gasteiger partial charge in [0.05, 0.1) is 13.7 Å². The summed E-state index contributed by atoms with van der Waals surface area (Å²) in [6.45, 7) is 0.0558. The van der Waals surface area contributed by atoms with Crippen molar-refractivity contribution in [3.8, 4) is 5.75 Å². The van der Waals surface area contributed by atoms with E-state index in [-0.39, 0.29) is 23.9 Å². The highest BCUT2D eigenvalue weighted by Crippen LogP contribution is 2.14. The number of benzene rings is 2. The Morgan fingerprint density at radius 1 is 1.00 bits per heavy atom. The maximum absolute atomic E-state index is 12.5. The first-order valence-electron chi connectivity index (χ1n) is 7.47. The molecule has 24 heavy (non-hydrogen) atoms. The zero-order valence-corrected chi connectivity index (χ0v) is 13.2. The molecule has 5 heteroatoms. The summed E-state index contributed by atoms with van der Waals surface area (Å²) < 4.78 is 6.65. The molecule has 120 valence electrons. The Bertz CT molecular complexity index is 852. The third-order valence-corrected chi connectivity index (χ3v) is 3.68. The Hall–Kier alpha value is -3.21. The summed E-state index contributed by atoms with van der Waals surface area (Å²) >= 11 is 0. The number of rotatable bonds is 6. The molecule has 1 aromatic heterocycles. The van der Waals surface area contributed by atoms with Crippen molar-refractivity contribution >= 4 is 11.6 Å². The van der Waals surface area contributed by atoms with Crippen molar-refractivity contribution in [2.75, 3.05) is 7.11 Å². The second-order valence-corrected chi connectivity index (χ2v) is 5.23. The van der Waals surface area contributed by atoms with Crippen LogP contribution >= 0.6 is 0 Å². The Morgan fingerprint density at radius 3 is 2.38 bits per heavy atom. The molecule has 0 spiro atoms. The van der Waals surface area contributed by atoms with Crippen molar-refractivity contribution < 1.29 is 14.3 Å². The van der Waals surface area contributed by atoms with Crippen molar-refractivity contribution in [1.29, 1.82) is 0 Å². The van der Waals surface area contributed by atoms with Crippen molar-refractivity contribution in [3.63, 3.8) is 0 Å². The SMILES string of the molecule is COc1ccc(C(=O)Cn2ccnc2C(=O)c2ccccc2)cc1. The Kier molecular flexibility index (Phi) is 4.52. The minimum Gasteiger partial charge on any atom is -0.497 e. The van der Waals surface area contributed by atoms with Crippen LogP contribution < -0.4 is 4.74 Å². The minimum absolute atomic E-state index is 0.0558. The highest BCUT2D eigenvalue weighted by Gasteiger charge is 2.17. The van der Waals surface area contributed by atoms with E-state index in [2.05, 4.69) is 4.98 Å². The van der Waals surface area contributed by atoms with Crippen molar-refractivity contribution in [2.24, 2.45) is 0 Å².